The van der Waals surface area contributed by atoms with Gasteiger partial charge in [0, 0.05) is 10.7 Å². The van der Waals surface area contributed by atoms with Crippen LogP contribution < -0.4 is 4.74 Å². The van der Waals surface area contributed by atoms with Gasteiger partial charge < -0.3 is 4.74 Å². The van der Waals surface area contributed by atoms with E-state index in [1.54, 1.807) is 0 Å². The van der Waals surface area contributed by atoms with Crippen molar-refractivity contribution in [1.29, 1.82) is 0 Å². The molecule has 0 bridgehead atoms. The summed E-state index contributed by atoms with van der Waals surface area (Å²) in [6.45, 7) is 0.213. The highest BCUT2D eigenvalue weighted by molar-refractivity contribution is 8.13. The smallest absolute Gasteiger partial charge is 0.292 e. The summed E-state index contributed by atoms with van der Waals surface area (Å²) in [5.74, 6) is 0.189. The second-order valence-electron chi connectivity index (χ2n) is 4.10. The fourth-order valence-corrected chi connectivity index (χ4v) is 2.68. The van der Waals surface area contributed by atoms with Crippen LogP contribution in [0.5, 0.6) is 5.75 Å². The van der Waals surface area contributed by atoms with Crippen molar-refractivity contribution in [1.82, 2.24) is 0 Å². The van der Waals surface area contributed by atoms with E-state index in [-0.39, 0.29) is 12.4 Å². The largest absolute Gasteiger partial charge is 0.489 e. The third-order valence-electron chi connectivity index (χ3n) is 2.64. The van der Waals surface area contributed by atoms with Gasteiger partial charge in [0.25, 0.3) is 14.7 Å². The average Bonchev–Trinajstić information content (AvgIpc) is 2.45. The van der Waals surface area contributed by atoms with Gasteiger partial charge in [0.2, 0.25) is 0 Å². The van der Waals surface area contributed by atoms with Crippen LogP contribution in [-0.2, 0) is 15.7 Å². The Bertz CT molecular complexity index is 761. The SMILES string of the molecule is O=[N+]([O-])c1cc(OCc2ccccc2)ccc1S(=O)(=O)Cl. The summed E-state index contributed by atoms with van der Waals surface area (Å²) in [5.41, 5.74) is 0.268. The molecule has 0 atom stereocenters. The Morgan fingerprint density at radius 2 is 1.81 bits per heavy atom. The topological polar surface area (TPSA) is 86.5 Å². The van der Waals surface area contributed by atoms with E-state index in [4.69, 9.17) is 15.4 Å². The van der Waals surface area contributed by atoms with E-state index in [1.807, 2.05) is 30.3 Å². The Balaban J connectivity index is 2.27. The zero-order chi connectivity index (χ0) is 15.5. The molecule has 0 saturated heterocycles. The Morgan fingerprint density at radius 3 is 2.38 bits per heavy atom. The molecule has 21 heavy (non-hydrogen) atoms. The van der Waals surface area contributed by atoms with Gasteiger partial charge in [-0.15, -0.1) is 0 Å². The average molecular weight is 328 g/mol. The zero-order valence-electron chi connectivity index (χ0n) is 10.6. The number of ether oxygens (including phenoxy) is 1. The molecular weight excluding hydrogens is 318 g/mol. The van der Waals surface area contributed by atoms with Gasteiger partial charge in [-0.3, -0.25) is 10.1 Å². The molecule has 0 aliphatic rings. The number of hydrogen-bond donors (Lipinski definition) is 0. The first-order valence-corrected chi connectivity index (χ1v) is 8.08. The molecule has 6 nitrogen and oxygen atoms in total. The fourth-order valence-electron chi connectivity index (χ4n) is 1.68. The molecule has 0 heterocycles. The van der Waals surface area contributed by atoms with Gasteiger partial charge in [0.15, 0.2) is 4.90 Å². The molecule has 0 aromatic heterocycles. The second-order valence-corrected chi connectivity index (χ2v) is 6.63. The van der Waals surface area contributed by atoms with Crippen molar-refractivity contribution in [2.45, 2.75) is 11.5 Å². The van der Waals surface area contributed by atoms with Crippen LogP contribution in [0.25, 0.3) is 0 Å². The minimum Gasteiger partial charge on any atom is -0.489 e. The Kier molecular flexibility index (Phi) is 4.44. The predicted molar refractivity (Wildman–Crippen MR) is 76.9 cm³/mol. The molecule has 110 valence electrons. The molecule has 0 spiro atoms. The molecule has 2 rings (SSSR count). The van der Waals surface area contributed by atoms with Gasteiger partial charge in [0.1, 0.15) is 12.4 Å². The second kappa shape index (κ2) is 6.11. The van der Waals surface area contributed by atoms with E-state index in [0.717, 1.165) is 17.7 Å². The molecule has 0 N–H and O–H groups in total. The highest BCUT2D eigenvalue weighted by atomic mass is 35.7. The summed E-state index contributed by atoms with van der Waals surface area (Å²) in [4.78, 5) is 9.55. The summed E-state index contributed by atoms with van der Waals surface area (Å²) < 4.78 is 27.9. The van der Waals surface area contributed by atoms with Crippen molar-refractivity contribution in [3.63, 3.8) is 0 Å². The quantitative estimate of drug-likeness (QED) is 0.478. The van der Waals surface area contributed by atoms with Crippen LogP contribution in [0.1, 0.15) is 5.56 Å². The number of benzene rings is 2. The van der Waals surface area contributed by atoms with Crippen molar-refractivity contribution in [2.75, 3.05) is 0 Å². The lowest BCUT2D eigenvalue weighted by Crippen LogP contribution is -2.01. The van der Waals surface area contributed by atoms with Crippen molar-refractivity contribution in [3.8, 4) is 5.75 Å². The highest BCUT2D eigenvalue weighted by Gasteiger charge is 2.24. The number of hydrogen-bond acceptors (Lipinski definition) is 5. The maximum atomic E-state index is 11.3. The molecule has 2 aromatic rings. The highest BCUT2D eigenvalue weighted by Crippen LogP contribution is 2.30. The number of halogens is 1. The molecule has 0 fully saturated rings. The van der Waals surface area contributed by atoms with E-state index in [9.17, 15) is 18.5 Å². The molecule has 8 heteroatoms. The van der Waals surface area contributed by atoms with Crippen molar-refractivity contribution in [3.05, 3.63) is 64.2 Å². The van der Waals surface area contributed by atoms with Gasteiger partial charge in [-0.25, -0.2) is 8.42 Å². The lowest BCUT2D eigenvalue weighted by molar-refractivity contribution is -0.387. The van der Waals surface area contributed by atoms with Crippen LogP contribution in [0.4, 0.5) is 5.69 Å². The fraction of sp³-hybridized carbons (Fsp3) is 0.0769. The summed E-state index contributed by atoms with van der Waals surface area (Å²) in [5, 5.41) is 10.9. The minimum atomic E-state index is -4.19. The van der Waals surface area contributed by atoms with E-state index in [2.05, 4.69) is 0 Å². The summed E-state index contributed by atoms with van der Waals surface area (Å²) >= 11 is 0. The summed E-state index contributed by atoms with van der Waals surface area (Å²) in [6.07, 6.45) is 0. The van der Waals surface area contributed by atoms with Crippen molar-refractivity contribution < 1.29 is 18.1 Å². The van der Waals surface area contributed by atoms with E-state index in [0.29, 0.717) is 0 Å². The molecule has 0 saturated carbocycles. The van der Waals surface area contributed by atoms with E-state index < -0.39 is 24.6 Å². The van der Waals surface area contributed by atoms with Gasteiger partial charge in [-0.05, 0) is 17.7 Å². The Labute approximate surface area is 125 Å². The van der Waals surface area contributed by atoms with Gasteiger partial charge in [0.05, 0.1) is 11.0 Å². The number of nitrogens with zero attached hydrogens (tertiary/aromatic N) is 1. The standard InChI is InChI=1S/C13H10ClNO5S/c14-21(18,19)13-7-6-11(8-12(13)15(16)17)20-9-10-4-2-1-3-5-10/h1-8H,9H2. The van der Waals surface area contributed by atoms with Crippen LogP contribution >= 0.6 is 10.7 Å². The van der Waals surface area contributed by atoms with Crippen LogP contribution in [0.3, 0.4) is 0 Å². The van der Waals surface area contributed by atoms with E-state index in [1.165, 1.54) is 6.07 Å². The Morgan fingerprint density at radius 1 is 1.14 bits per heavy atom. The molecule has 0 aliphatic carbocycles. The first-order chi connectivity index (χ1) is 9.88. The van der Waals surface area contributed by atoms with E-state index >= 15 is 0 Å². The number of rotatable bonds is 5. The summed E-state index contributed by atoms with van der Waals surface area (Å²) in [7, 11) is 0.973. The van der Waals surface area contributed by atoms with Gasteiger partial charge in [-0.2, -0.15) is 0 Å². The lowest BCUT2D eigenvalue weighted by atomic mass is 10.2. The maximum Gasteiger partial charge on any atom is 0.292 e. The third-order valence-corrected chi connectivity index (χ3v) is 4.01. The molecule has 0 unspecified atom stereocenters. The normalized spacial score (nSPS) is 11.1. The minimum absolute atomic E-state index is 0.189. The first-order valence-electron chi connectivity index (χ1n) is 5.78. The first kappa shape index (κ1) is 15.3. The van der Waals surface area contributed by atoms with Crippen LogP contribution in [0, 0.1) is 10.1 Å². The van der Waals surface area contributed by atoms with Crippen LogP contribution in [-0.4, -0.2) is 13.3 Å². The predicted octanol–water partition coefficient (Wildman–Crippen LogP) is 3.10. The molecule has 0 radical (unpaired) electrons. The number of nitro benzene ring substituents is 1. The Hall–Kier alpha value is -2.12. The number of nitro groups is 1. The zero-order valence-corrected chi connectivity index (χ0v) is 12.2. The lowest BCUT2D eigenvalue weighted by Gasteiger charge is -2.07. The molecular formula is C13H10ClNO5S. The van der Waals surface area contributed by atoms with Gasteiger partial charge in [-0.1, -0.05) is 30.3 Å². The van der Waals surface area contributed by atoms with Crippen LogP contribution in [0.15, 0.2) is 53.4 Å². The third kappa shape index (κ3) is 3.93. The van der Waals surface area contributed by atoms with Crippen molar-refractivity contribution >= 4 is 25.4 Å². The summed E-state index contributed by atoms with van der Waals surface area (Å²) in [6, 6.07) is 12.6. The van der Waals surface area contributed by atoms with Gasteiger partial charge >= 0.3 is 0 Å². The van der Waals surface area contributed by atoms with Crippen LogP contribution in [0.2, 0.25) is 0 Å². The van der Waals surface area contributed by atoms with Crippen molar-refractivity contribution in [2.24, 2.45) is 0 Å². The molecule has 2 aromatic carbocycles. The maximum absolute atomic E-state index is 11.3. The molecule has 0 amide bonds. The molecule has 0 aliphatic heterocycles. The monoisotopic (exact) mass is 327 g/mol.